The molecule has 1 heterocycles. The van der Waals surface area contributed by atoms with Crippen LogP contribution in [0.3, 0.4) is 0 Å². The fraction of sp³-hybridized carbons (Fsp3) is 0.176. The zero-order valence-corrected chi connectivity index (χ0v) is 13.9. The normalized spacial score (nSPS) is 15.3. The molecule has 2 aromatic rings. The maximum absolute atomic E-state index is 12.2. The molecule has 0 atom stereocenters. The summed E-state index contributed by atoms with van der Waals surface area (Å²) in [7, 11) is -3.72. The van der Waals surface area contributed by atoms with Crippen LogP contribution in [0, 0.1) is 6.92 Å². The highest BCUT2D eigenvalue weighted by atomic mass is 32.2. The van der Waals surface area contributed by atoms with Crippen molar-refractivity contribution in [1.82, 2.24) is 5.01 Å². The Labute approximate surface area is 140 Å². The van der Waals surface area contributed by atoms with Crippen LogP contribution < -0.4 is 0 Å². The molecule has 2 aromatic carbocycles. The van der Waals surface area contributed by atoms with Gasteiger partial charge in [0.2, 0.25) is 0 Å². The number of rotatable bonds is 4. The summed E-state index contributed by atoms with van der Waals surface area (Å²) in [5, 5.41) is 15.0. The van der Waals surface area contributed by atoms with Gasteiger partial charge in [-0.3, -0.25) is 0 Å². The van der Waals surface area contributed by atoms with Crippen LogP contribution in [0.1, 0.15) is 16.7 Å². The largest absolute Gasteiger partial charge is 0.394 e. The first-order valence-electron chi connectivity index (χ1n) is 7.45. The molecule has 124 valence electrons. The van der Waals surface area contributed by atoms with Crippen LogP contribution in [0.4, 0.5) is 0 Å². The Balaban J connectivity index is 1.98. The number of sulfonamides is 1. The molecule has 6 nitrogen and oxygen atoms in total. The van der Waals surface area contributed by atoms with Crippen LogP contribution in [0.5, 0.6) is 0 Å². The SMILES string of the molecule is Cc1cccc(/C=N\N(CCO)C2=NS(=O)(=O)c3ccccc32)c1. The highest BCUT2D eigenvalue weighted by molar-refractivity contribution is 7.90. The lowest BCUT2D eigenvalue weighted by molar-refractivity contribution is 0.254. The summed E-state index contributed by atoms with van der Waals surface area (Å²) in [5.41, 5.74) is 2.47. The lowest BCUT2D eigenvalue weighted by Crippen LogP contribution is -2.28. The van der Waals surface area contributed by atoms with Gasteiger partial charge in [0.1, 0.15) is 4.90 Å². The second-order valence-electron chi connectivity index (χ2n) is 5.39. The van der Waals surface area contributed by atoms with Gasteiger partial charge in [-0.15, -0.1) is 4.40 Å². The van der Waals surface area contributed by atoms with Crippen molar-refractivity contribution in [3.63, 3.8) is 0 Å². The van der Waals surface area contributed by atoms with Gasteiger partial charge in [0.05, 0.1) is 19.4 Å². The summed E-state index contributed by atoms with van der Waals surface area (Å²) in [6, 6.07) is 14.4. The quantitative estimate of drug-likeness (QED) is 0.677. The van der Waals surface area contributed by atoms with Crippen molar-refractivity contribution in [2.45, 2.75) is 11.8 Å². The van der Waals surface area contributed by atoms with Crippen molar-refractivity contribution < 1.29 is 13.5 Å². The van der Waals surface area contributed by atoms with E-state index in [1.165, 1.54) is 11.1 Å². The van der Waals surface area contributed by atoms with Crippen LogP contribution in [0.25, 0.3) is 0 Å². The zero-order valence-electron chi connectivity index (χ0n) is 13.1. The van der Waals surface area contributed by atoms with Gasteiger partial charge in [-0.05, 0) is 24.6 Å². The molecule has 0 amide bonds. The number of hydrazone groups is 1. The van der Waals surface area contributed by atoms with E-state index in [1.807, 2.05) is 31.2 Å². The smallest absolute Gasteiger partial charge is 0.285 e. The summed E-state index contributed by atoms with van der Waals surface area (Å²) in [5.74, 6) is 0.226. The van der Waals surface area contributed by atoms with Gasteiger partial charge in [-0.2, -0.15) is 13.5 Å². The van der Waals surface area contributed by atoms with Crippen LogP contribution in [0.15, 0.2) is 62.9 Å². The van der Waals surface area contributed by atoms with Gasteiger partial charge >= 0.3 is 0 Å². The standard InChI is InChI=1S/C17H17N3O3S/c1-13-5-4-6-14(11-13)12-18-20(9-10-21)17-15-7-2-3-8-16(15)24(22,23)19-17/h2-8,11-12,21H,9-10H2,1H3/b18-12-. The van der Waals surface area contributed by atoms with E-state index in [0.717, 1.165) is 11.1 Å². The summed E-state index contributed by atoms with van der Waals surface area (Å²) < 4.78 is 28.2. The molecular weight excluding hydrogens is 326 g/mol. The van der Waals surface area contributed by atoms with Crippen LogP contribution in [0.2, 0.25) is 0 Å². The van der Waals surface area contributed by atoms with Gasteiger partial charge in [0, 0.05) is 5.56 Å². The number of aryl methyl sites for hydroxylation is 1. The molecule has 3 rings (SSSR count). The van der Waals surface area contributed by atoms with Crippen LogP contribution in [-0.4, -0.2) is 43.7 Å². The van der Waals surface area contributed by atoms with Gasteiger partial charge in [-0.1, -0.05) is 42.0 Å². The highest BCUT2D eigenvalue weighted by Gasteiger charge is 2.31. The molecule has 7 heteroatoms. The molecule has 0 bridgehead atoms. The molecular formula is C17H17N3O3S. The van der Waals surface area contributed by atoms with Gasteiger partial charge in [-0.25, -0.2) is 5.01 Å². The number of fused-ring (bicyclic) bond motifs is 1. The lowest BCUT2D eigenvalue weighted by Gasteiger charge is -2.17. The Morgan fingerprint density at radius 1 is 1.21 bits per heavy atom. The number of benzene rings is 2. The van der Waals surface area contributed by atoms with Crippen molar-refractivity contribution in [2.24, 2.45) is 9.50 Å². The minimum absolute atomic E-state index is 0.144. The third kappa shape index (κ3) is 3.22. The average Bonchev–Trinajstić information content (AvgIpc) is 2.83. The maximum atomic E-state index is 12.2. The number of nitrogens with zero attached hydrogens (tertiary/aromatic N) is 3. The lowest BCUT2D eigenvalue weighted by atomic mass is 10.1. The maximum Gasteiger partial charge on any atom is 0.285 e. The molecule has 0 spiro atoms. The molecule has 0 unspecified atom stereocenters. The van der Waals surface area contributed by atoms with Gasteiger partial charge in [0.15, 0.2) is 5.84 Å². The summed E-state index contributed by atoms with van der Waals surface area (Å²) in [6.45, 7) is 1.95. The Hall–Kier alpha value is -2.51. The fourth-order valence-electron chi connectivity index (χ4n) is 2.47. The molecule has 0 aliphatic carbocycles. The Bertz CT molecular complexity index is 920. The van der Waals surface area contributed by atoms with E-state index in [4.69, 9.17) is 0 Å². The van der Waals surface area contributed by atoms with Crippen LogP contribution >= 0.6 is 0 Å². The number of hydrogen-bond acceptors (Lipinski definition) is 5. The van der Waals surface area contributed by atoms with E-state index in [2.05, 4.69) is 9.50 Å². The van der Waals surface area contributed by atoms with Crippen molar-refractivity contribution in [1.29, 1.82) is 0 Å². The van der Waals surface area contributed by atoms with Crippen LogP contribution in [-0.2, 0) is 10.0 Å². The number of aliphatic hydroxyl groups excluding tert-OH is 1. The second-order valence-corrected chi connectivity index (χ2v) is 6.96. The first-order valence-corrected chi connectivity index (χ1v) is 8.89. The molecule has 1 N–H and O–H groups in total. The van der Waals surface area contributed by atoms with E-state index < -0.39 is 10.0 Å². The minimum atomic E-state index is -3.72. The number of amidine groups is 1. The Morgan fingerprint density at radius 2 is 2.00 bits per heavy atom. The second kappa shape index (κ2) is 6.54. The molecule has 1 aliphatic heterocycles. The minimum Gasteiger partial charge on any atom is -0.394 e. The molecule has 24 heavy (non-hydrogen) atoms. The third-order valence-electron chi connectivity index (χ3n) is 3.56. The predicted molar refractivity (Wildman–Crippen MR) is 92.7 cm³/mol. The van der Waals surface area contributed by atoms with Gasteiger partial charge < -0.3 is 5.11 Å². The Kier molecular flexibility index (Phi) is 4.46. The van der Waals surface area contributed by atoms with Gasteiger partial charge in [0.25, 0.3) is 10.0 Å². The van der Waals surface area contributed by atoms with Crippen molar-refractivity contribution in [2.75, 3.05) is 13.2 Å². The van der Waals surface area contributed by atoms with Crippen molar-refractivity contribution in [3.05, 3.63) is 65.2 Å². The molecule has 0 saturated carbocycles. The molecule has 0 aromatic heterocycles. The number of aliphatic hydroxyl groups is 1. The van der Waals surface area contributed by atoms with E-state index in [-0.39, 0.29) is 23.9 Å². The summed E-state index contributed by atoms with van der Waals surface area (Å²) in [6.07, 6.45) is 1.62. The summed E-state index contributed by atoms with van der Waals surface area (Å²) >= 11 is 0. The monoisotopic (exact) mass is 343 g/mol. The molecule has 0 fully saturated rings. The Morgan fingerprint density at radius 3 is 2.75 bits per heavy atom. The van der Waals surface area contributed by atoms with E-state index in [1.54, 1.807) is 24.4 Å². The zero-order chi connectivity index (χ0) is 17.2. The first kappa shape index (κ1) is 16.4. The highest BCUT2D eigenvalue weighted by Crippen LogP contribution is 2.27. The third-order valence-corrected chi connectivity index (χ3v) is 4.88. The molecule has 0 saturated heterocycles. The number of hydrogen-bond donors (Lipinski definition) is 1. The topological polar surface area (TPSA) is 82.3 Å². The van der Waals surface area contributed by atoms with Crippen molar-refractivity contribution >= 4 is 22.1 Å². The molecule has 1 aliphatic rings. The van der Waals surface area contributed by atoms with E-state index in [0.29, 0.717) is 5.56 Å². The van der Waals surface area contributed by atoms with Crippen molar-refractivity contribution in [3.8, 4) is 0 Å². The predicted octanol–water partition coefficient (Wildman–Crippen LogP) is 1.77. The fourth-order valence-corrected chi connectivity index (χ4v) is 3.68. The summed E-state index contributed by atoms with van der Waals surface area (Å²) in [4.78, 5) is 0.161. The molecule has 0 radical (unpaired) electrons. The van der Waals surface area contributed by atoms with E-state index >= 15 is 0 Å². The first-order chi connectivity index (χ1) is 11.5. The average molecular weight is 343 g/mol. The van der Waals surface area contributed by atoms with E-state index in [9.17, 15) is 13.5 Å².